The zero-order valence-electron chi connectivity index (χ0n) is 12.1. The lowest BCUT2D eigenvalue weighted by atomic mass is 9.92. The molecular formula is C16H25NO2. The average molecular weight is 263 g/mol. The van der Waals surface area contributed by atoms with Gasteiger partial charge in [-0.05, 0) is 41.9 Å². The molecule has 0 aromatic heterocycles. The molecule has 1 unspecified atom stereocenters. The van der Waals surface area contributed by atoms with Gasteiger partial charge in [-0.1, -0.05) is 26.0 Å². The summed E-state index contributed by atoms with van der Waals surface area (Å²) in [5, 5.41) is 13.6. The summed E-state index contributed by atoms with van der Waals surface area (Å²) in [6, 6.07) is 7.60. The molecule has 19 heavy (non-hydrogen) atoms. The van der Waals surface area contributed by atoms with Gasteiger partial charge in [-0.15, -0.1) is 0 Å². The molecule has 1 fully saturated rings. The third-order valence-electron chi connectivity index (χ3n) is 4.43. The molecule has 1 aliphatic rings. The predicted octanol–water partition coefficient (Wildman–Crippen LogP) is 2.75. The van der Waals surface area contributed by atoms with Gasteiger partial charge in [-0.3, -0.25) is 0 Å². The second kappa shape index (κ2) is 5.93. The summed E-state index contributed by atoms with van der Waals surface area (Å²) in [5.41, 5.74) is 1.42. The first kappa shape index (κ1) is 14.4. The molecule has 2 N–H and O–H groups in total. The Morgan fingerprint density at radius 1 is 1.26 bits per heavy atom. The van der Waals surface area contributed by atoms with Gasteiger partial charge in [0.1, 0.15) is 5.75 Å². The number of methoxy groups -OCH3 is 1. The smallest absolute Gasteiger partial charge is 0.118 e. The molecule has 0 heterocycles. The molecule has 0 saturated heterocycles. The zero-order chi connectivity index (χ0) is 13.9. The second-order valence-electron chi connectivity index (χ2n) is 5.94. The van der Waals surface area contributed by atoms with Crippen LogP contribution in [0.5, 0.6) is 5.75 Å². The summed E-state index contributed by atoms with van der Waals surface area (Å²) >= 11 is 0. The zero-order valence-corrected chi connectivity index (χ0v) is 12.1. The molecule has 0 bridgehead atoms. The van der Waals surface area contributed by atoms with Crippen molar-refractivity contribution in [3.63, 3.8) is 0 Å². The first-order valence-electron chi connectivity index (χ1n) is 7.10. The number of rotatable bonds is 7. The SMILES string of the molecule is COc1ccc(C(O)CNCC2(C(C)C)CC2)cc1. The fourth-order valence-electron chi connectivity index (χ4n) is 2.52. The summed E-state index contributed by atoms with van der Waals surface area (Å²) in [6.07, 6.45) is 2.18. The van der Waals surface area contributed by atoms with Gasteiger partial charge in [0.2, 0.25) is 0 Å². The van der Waals surface area contributed by atoms with Crippen molar-refractivity contribution >= 4 is 0 Å². The first-order valence-corrected chi connectivity index (χ1v) is 7.10. The Kier molecular flexibility index (Phi) is 4.48. The van der Waals surface area contributed by atoms with Crippen molar-refractivity contribution < 1.29 is 9.84 Å². The summed E-state index contributed by atoms with van der Waals surface area (Å²) in [5.74, 6) is 1.54. The number of hydrogen-bond acceptors (Lipinski definition) is 3. The monoisotopic (exact) mass is 263 g/mol. The van der Waals surface area contributed by atoms with E-state index in [0.717, 1.165) is 23.8 Å². The quantitative estimate of drug-likeness (QED) is 0.795. The molecule has 1 aliphatic carbocycles. The Hall–Kier alpha value is -1.06. The lowest BCUT2D eigenvalue weighted by Gasteiger charge is -2.21. The summed E-state index contributed by atoms with van der Waals surface area (Å²) in [6.45, 7) is 6.20. The van der Waals surface area contributed by atoms with Crippen molar-refractivity contribution in [3.8, 4) is 5.75 Å². The highest BCUT2D eigenvalue weighted by Gasteiger charge is 2.44. The molecular weight excluding hydrogens is 238 g/mol. The van der Waals surface area contributed by atoms with E-state index in [1.54, 1.807) is 7.11 Å². The third kappa shape index (κ3) is 3.48. The maximum atomic E-state index is 10.1. The first-order chi connectivity index (χ1) is 9.07. The largest absolute Gasteiger partial charge is 0.497 e. The fourth-order valence-corrected chi connectivity index (χ4v) is 2.52. The molecule has 0 aliphatic heterocycles. The average Bonchev–Trinajstić information content (AvgIpc) is 3.20. The van der Waals surface area contributed by atoms with E-state index in [9.17, 15) is 5.11 Å². The highest BCUT2D eigenvalue weighted by Crippen LogP contribution is 2.51. The Balaban J connectivity index is 1.79. The van der Waals surface area contributed by atoms with Crippen LogP contribution in [-0.2, 0) is 0 Å². The number of benzene rings is 1. The van der Waals surface area contributed by atoms with Crippen LogP contribution in [0.15, 0.2) is 24.3 Å². The fraction of sp³-hybridized carbons (Fsp3) is 0.625. The molecule has 3 nitrogen and oxygen atoms in total. The van der Waals surface area contributed by atoms with Crippen LogP contribution in [0.4, 0.5) is 0 Å². The Morgan fingerprint density at radius 2 is 1.89 bits per heavy atom. The topological polar surface area (TPSA) is 41.5 Å². The summed E-state index contributed by atoms with van der Waals surface area (Å²) in [7, 11) is 1.65. The van der Waals surface area contributed by atoms with E-state index in [1.165, 1.54) is 12.8 Å². The maximum Gasteiger partial charge on any atom is 0.118 e. The van der Waals surface area contributed by atoms with Crippen LogP contribution in [0.3, 0.4) is 0 Å². The Bertz CT molecular complexity index is 396. The van der Waals surface area contributed by atoms with Crippen LogP contribution in [-0.4, -0.2) is 25.3 Å². The normalized spacial score (nSPS) is 18.4. The Labute approximate surface area is 116 Å². The van der Waals surface area contributed by atoms with Crippen LogP contribution in [0.1, 0.15) is 38.4 Å². The molecule has 0 amide bonds. The van der Waals surface area contributed by atoms with E-state index in [2.05, 4.69) is 19.2 Å². The highest BCUT2D eigenvalue weighted by molar-refractivity contribution is 5.28. The van der Waals surface area contributed by atoms with Crippen molar-refractivity contribution in [2.45, 2.75) is 32.8 Å². The summed E-state index contributed by atoms with van der Waals surface area (Å²) < 4.78 is 5.11. The van der Waals surface area contributed by atoms with E-state index in [1.807, 2.05) is 24.3 Å². The maximum absolute atomic E-state index is 10.1. The second-order valence-corrected chi connectivity index (χ2v) is 5.94. The lowest BCUT2D eigenvalue weighted by molar-refractivity contribution is 0.169. The number of hydrogen-bond donors (Lipinski definition) is 2. The third-order valence-corrected chi connectivity index (χ3v) is 4.43. The minimum absolute atomic E-state index is 0.450. The predicted molar refractivity (Wildman–Crippen MR) is 77.3 cm³/mol. The number of aliphatic hydroxyl groups excluding tert-OH is 1. The molecule has 0 radical (unpaired) electrons. The minimum Gasteiger partial charge on any atom is -0.497 e. The van der Waals surface area contributed by atoms with Crippen LogP contribution in [0.25, 0.3) is 0 Å². The molecule has 3 heteroatoms. The van der Waals surface area contributed by atoms with Crippen molar-refractivity contribution in [1.82, 2.24) is 5.32 Å². The molecule has 106 valence electrons. The molecule has 0 spiro atoms. The summed E-state index contributed by atoms with van der Waals surface area (Å²) in [4.78, 5) is 0. The highest BCUT2D eigenvalue weighted by atomic mass is 16.5. The van der Waals surface area contributed by atoms with E-state index < -0.39 is 6.10 Å². The van der Waals surface area contributed by atoms with Crippen molar-refractivity contribution in [1.29, 1.82) is 0 Å². The van der Waals surface area contributed by atoms with Crippen LogP contribution >= 0.6 is 0 Å². The molecule has 1 atom stereocenters. The van der Waals surface area contributed by atoms with Crippen molar-refractivity contribution in [3.05, 3.63) is 29.8 Å². The standard InChI is InChI=1S/C16H25NO2/c1-12(2)16(8-9-16)11-17-10-15(18)13-4-6-14(19-3)7-5-13/h4-7,12,15,17-18H,8-11H2,1-3H3. The molecule has 1 aromatic carbocycles. The van der Waals surface area contributed by atoms with E-state index in [4.69, 9.17) is 4.74 Å². The molecule has 1 saturated carbocycles. The molecule has 1 aromatic rings. The van der Waals surface area contributed by atoms with Crippen LogP contribution in [0, 0.1) is 11.3 Å². The van der Waals surface area contributed by atoms with Crippen molar-refractivity contribution in [2.75, 3.05) is 20.2 Å². The number of ether oxygens (including phenoxy) is 1. The van der Waals surface area contributed by atoms with Crippen molar-refractivity contribution in [2.24, 2.45) is 11.3 Å². The van der Waals surface area contributed by atoms with E-state index in [0.29, 0.717) is 12.0 Å². The van der Waals surface area contributed by atoms with E-state index in [-0.39, 0.29) is 0 Å². The van der Waals surface area contributed by atoms with Gasteiger partial charge in [0, 0.05) is 13.1 Å². The van der Waals surface area contributed by atoms with Gasteiger partial charge in [-0.2, -0.15) is 0 Å². The van der Waals surface area contributed by atoms with E-state index >= 15 is 0 Å². The van der Waals surface area contributed by atoms with Gasteiger partial charge < -0.3 is 15.2 Å². The minimum atomic E-state index is -0.450. The number of nitrogens with one attached hydrogen (secondary N) is 1. The van der Waals surface area contributed by atoms with Crippen LogP contribution < -0.4 is 10.1 Å². The van der Waals surface area contributed by atoms with Gasteiger partial charge in [0.15, 0.2) is 0 Å². The van der Waals surface area contributed by atoms with Gasteiger partial charge >= 0.3 is 0 Å². The Morgan fingerprint density at radius 3 is 2.37 bits per heavy atom. The van der Waals surface area contributed by atoms with Gasteiger partial charge in [0.05, 0.1) is 13.2 Å². The molecule has 2 rings (SSSR count). The van der Waals surface area contributed by atoms with Crippen LogP contribution in [0.2, 0.25) is 0 Å². The lowest BCUT2D eigenvalue weighted by Crippen LogP contribution is -2.30. The van der Waals surface area contributed by atoms with Gasteiger partial charge in [0.25, 0.3) is 0 Å². The number of aliphatic hydroxyl groups is 1. The van der Waals surface area contributed by atoms with Gasteiger partial charge in [-0.25, -0.2) is 0 Å².